The van der Waals surface area contributed by atoms with Crippen molar-refractivity contribution in [2.45, 2.75) is 50.3 Å². The summed E-state index contributed by atoms with van der Waals surface area (Å²) >= 11 is 0. The Balaban J connectivity index is 1.75. The molecule has 37 heavy (non-hydrogen) atoms. The van der Waals surface area contributed by atoms with E-state index in [1.165, 1.54) is 0 Å². The van der Waals surface area contributed by atoms with Gasteiger partial charge in [-0.25, -0.2) is 4.99 Å². The Bertz CT molecular complexity index is 1170. The number of nitrogens with zero attached hydrogens (tertiary/aromatic N) is 5. The number of aliphatic hydroxyl groups is 1. The molecule has 2 aromatic rings. The van der Waals surface area contributed by atoms with Gasteiger partial charge in [-0.2, -0.15) is 0 Å². The van der Waals surface area contributed by atoms with Gasteiger partial charge in [0.25, 0.3) is 5.91 Å². The van der Waals surface area contributed by atoms with E-state index >= 15 is 0 Å². The van der Waals surface area contributed by atoms with Gasteiger partial charge in [0.05, 0.1) is 13.2 Å². The van der Waals surface area contributed by atoms with Crippen molar-refractivity contribution in [1.29, 1.82) is 0 Å². The van der Waals surface area contributed by atoms with E-state index in [-0.39, 0.29) is 19.1 Å². The number of ether oxygens (including phenoxy) is 2. The molecule has 194 valence electrons. The van der Waals surface area contributed by atoms with Crippen LogP contribution in [0, 0.1) is 0 Å². The van der Waals surface area contributed by atoms with Crippen LogP contribution in [-0.4, -0.2) is 53.7 Å². The number of rotatable bonds is 11. The molecule has 0 aromatic heterocycles. The van der Waals surface area contributed by atoms with Crippen LogP contribution >= 0.6 is 0 Å². The summed E-state index contributed by atoms with van der Waals surface area (Å²) in [7, 11) is 0. The molecule has 1 N–H and O–H groups in total. The maximum absolute atomic E-state index is 14.2. The summed E-state index contributed by atoms with van der Waals surface area (Å²) in [6.07, 6.45) is 4.89. The Hall–Kier alpha value is -3.81. The van der Waals surface area contributed by atoms with Gasteiger partial charge in [-0.3, -0.25) is 4.79 Å². The predicted molar refractivity (Wildman–Crippen MR) is 141 cm³/mol. The van der Waals surface area contributed by atoms with Crippen molar-refractivity contribution in [2.24, 2.45) is 10.1 Å². The summed E-state index contributed by atoms with van der Waals surface area (Å²) in [5.74, 6) is 0.973. The van der Waals surface area contributed by atoms with Crippen LogP contribution in [-0.2, 0) is 16.1 Å². The number of hydrogen-bond donors (Lipinski definition) is 1. The summed E-state index contributed by atoms with van der Waals surface area (Å²) in [6, 6.07) is 14.9. The SMILES string of the molecule is C=CC[C@@]1(C(=O)N2CCCCC2)N=C(c2ccc(OCCCO)cc2)O[C@@H]1c1ccccc1CN=[N+]=[N-]. The van der Waals surface area contributed by atoms with Crippen LogP contribution in [0.25, 0.3) is 10.4 Å². The second kappa shape index (κ2) is 12.4. The fraction of sp³-hybridized carbons (Fsp3) is 0.429. The van der Waals surface area contributed by atoms with Crippen LogP contribution < -0.4 is 4.74 Å². The second-order valence-corrected chi connectivity index (χ2v) is 9.22. The van der Waals surface area contributed by atoms with E-state index in [1.807, 2.05) is 53.4 Å². The number of aliphatic imine (C=N–C) groups is 1. The zero-order valence-electron chi connectivity index (χ0n) is 21.0. The number of azide groups is 1. The van der Waals surface area contributed by atoms with Gasteiger partial charge < -0.3 is 19.5 Å². The van der Waals surface area contributed by atoms with Gasteiger partial charge in [0.15, 0.2) is 11.6 Å². The predicted octanol–water partition coefficient (Wildman–Crippen LogP) is 5.10. The molecule has 2 aliphatic heterocycles. The van der Waals surface area contributed by atoms with Crippen molar-refractivity contribution >= 4 is 11.8 Å². The summed E-state index contributed by atoms with van der Waals surface area (Å²) in [4.78, 5) is 24.0. The van der Waals surface area contributed by atoms with Gasteiger partial charge in [-0.1, -0.05) is 35.5 Å². The number of likely N-dealkylation sites (tertiary alicyclic amines) is 1. The standard InChI is InChI=1S/C28H33N5O4/c1-2-15-28(27(35)33-16-6-3-7-17-33)25(24-10-5-4-9-22(24)20-30-32-29)37-26(31-28)21-11-13-23(14-12-21)36-19-8-18-34/h2,4-5,9-14,25,34H,1,3,6-8,15-20H2/t25-,28-/m1/s1. The molecular formula is C28H33N5O4. The van der Waals surface area contributed by atoms with E-state index in [2.05, 4.69) is 16.6 Å². The Morgan fingerprint density at radius 3 is 2.70 bits per heavy atom. The molecule has 0 saturated carbocycles. The average Bonchev–Trinajstić information content (AvgIpc) is 3.33. The molecule has 9 nitrogen and oxygen atoms in total. The summed E-state index contributed by atoms with van der Waals surface area (Å²) in [5, 5.41) is 12.7. The molecule has 2 atom stereocenters. The third kappa shape index (κ3) is 5.79. The van der Waals surface area contributed by atoms with Crippen LogP contribution in [0.15, 0.2) is 71.3 Å². The average molecular weight is 504 g/mol. The summed E-state index contributed by atoms with van der Waals surface area (Å²) in [5.41, 5.74) is 9.97. The third-order valence-corrected chi connectivity index (χ3v) is 6.75. The minimum absolute atomic E-state index is 0.0711. The number of carbonyl (C=O) groups is 1. The first kappa shape index (κ1) is 26.3. The fourth-order valence-corrected chi connectivity index (χ4v) is 4.91. The lowest BCUT2D eigenvalue weighted by atomic mass is 9.82. The smallest absolute Gasteiger partial charge is 0.255 e. The first-order valence-electron chi connectivity index (χ1n) is 12.7. The first-order chi connectivity index (χ1) is 18.1. The zero-order chi connectivity index (χ0) is 26.1. The third-order valence-electron chi connectivity index (χ3n) is 6.75. The molecule has 2 aliphatic rings. The molecule has 0 unspecified atom stereocenters. The molecule has 0 bridgehead atoms. The first-order valence-corrected chi connectivity index (χ1v) is 12.7. The van der Waals surface area contributed by atoms with Crippen LogP contribution in [0.2, 0.25) is 0 Å². The van der Waals surface area contributed by atoms with Crippen molar-refractivity contribution in [3.63, 3.8) is 0 Å². The lowest BCUT2D eigenvalue weighted by molar-refractivity contribution is -0.140. The highest BCUT2D eigenvalue weighted by molar-refractivity contribution is 6.01. The number of benzene rings is 2. The largest absolute Gasteiger partial charge is 0.494 e. The quantitative estimate of drug-likeness (QED) is 0.151. The highest BCUT2D eigenvalue weighted by Gasteiger charge is 2.54. The minimum Gasteiger partial charge on any atom is -0.494 e. The number of piperidine rings is 1. The Morgan fingerprint density at radius 2 is 2.00 bits per heavy atom. The number of hydrogen-bond acceptors (Lipinski definition) is 6. The van der Waals surface area contributed by atoms with Crippen LogP contribution in [0.1, 0.15) is 54.9 Å². The highest BCUT2D eigenvalue weighted by atomic mass is 16.5. The van der Waals surface area contributed by atoms with E-state index in [0.29, 0.717) is 44.2 Å². The lowest BCUT2D eigenvalue weighted by Crippen LogP contribution is -2.51. The van der Waals surface area contributed by atoms with Gasteiger partial charge in [-0.05, 0) is 60.2 Å². The number of aliphatic hydroxyl groups excluding tert-OH is 1. The molecule has 0 radical (unpaired) electrons. The summed E-state index contributed by atoms with van der Waals surface area (Å²) < 4.78 is 12.2. The maximum Gasteiger partial charge on any atom is 0.255 e. The molecule has 0 spiro atoms. The zero-order valence-corrected chi connectivity index (χ0v) is 21.0. The van der Waals surface area contributed by atoms with Crippen molar-refractivity contribution in [1.82, 2.24) is 4.90 Å². The van der Waals surface area contributed by atoms with E-state index in [9.17, 15) is 4.79 Å². The molecule has 2 aromatic carbocycles. The molecule has 2 heterocycles. The van der Waals surface area contributed by atoms with E-state index in [4.69, 9.17) is 25.1 Å². The van der Waals surface area contributed by atoms with Crippen molar-refractivity contribution in [3.8, 4) is 5.75 Å². The molecular weight excluding hydrogens is 470 g/mol. The topological polar surface area (TPSA) is 120 Å². The Labute approximate surface area is 217 Å². The molecule has 0 aliphatic carbocycles. The molecule has 4 rings (SSSR count). The van der Waals surface area contributed by atoms with E-state index in [1.54, 1.807) is 6.08 Å². The molecule has 9 heteroatoms. The van der Waals surface area contributed by atoms with E-state index < -0.39 is 11.6 Å². The fourth-order valence-electron chi connectivity index (χ4n) is 4.91. The Morgan fingerprint density at radius 1 is 1.24 bits per heavy atom. The van der Waals surface area contributed by atoms with Crippen molar-refractivity contribution in [2.75, 3.05) is 26.3 Å². The normalized spacial score (nSPS) is 20.9. The monoisotopic (exact) mass is 503 g/mol. The van der Waals surface area contributed by atoms with Crippen molar-refractivity contribution in [3.05, 3.63) is 88.3 Å². The maximum atomic E-state index is 14.2. The molecule has 1 fully saturated rings. The van der Waals surface area contributed by atoms with E-state index in [0.717, 1.165) is 36.0 Å². The Kier molecular flexibility index (Phi) is 8.82. The van der Waals surface area contributed by atoms with Gasteiger partial charge in [0, 0.05) is 43.0 Å². The van der Waals surface area contributed by atoms with Crippen LogP contribution in [0.4, 0.5) is 0 Å². The van der Waals surface area contributed by atoms with Crippen LogP contribution in [0.3, 0.4) is 0 Å². The van der Waals surface area contributed by atoms with Gasteiger partial charge in [0.1, 0.15) is 5.75 Å². The molecule has 1 amide bonds. The number of amides is 1. The second-order valence-electron chi connectivity index (χ2n) is 9.22. The number of carbonyl (C=O) groups excluding carboxylic acids is 1. The highest BCUT2D eigenvalue weighted by Crippen LogP contribution is 2.45. The van der Waals surface area contributed by atoms with Crippen molar-refractivity contribution < 1.29 is 19.4 Å². The minimum atomic E-state index is -1.23. The molecule has 1 saturated heterocycles. The van der Waals surface area contributed by atoms with Gasteiger partial charge >= 0.3 is 0 Å². The van der Waals surface area contributed by atoms with Gasteiger partial charge in [-0.15, -0.1) is 6.58 Å². The van der Waals surface area contributed by atoms with Crippen LogP contribution in [0.5, 0.6) is 5.75 Å². The van der Waals surface area contributed by atoms with Gasteiger partial charge in [0.2, 0.25) is 5.90 Å². The lowest BCUT2D eigenvalue weighted by Gasteiger charge is -2.37. The summed E-state index contributed by atoms with van der Waals surface area (Å²) in [6.45, 7) is 5.96.